The number of aromatic nitrogens is 3. The first-order chi connectivity index (χ1) is 11.9. The van der Waals surface area contributed by atoms with Crippen LogP contribution in [0, 0.1) is 4.77 Å². The largest absolute Gasteiger partial charge is 0.466 e. The highest BCUT2D eigenvalue weighted by Crippen LogP contribution is 2.05. The first kappa shape index (κ1) is 18.9. The van der Waals surface area contributed by atoms with Crippen molar-refractivity contribution in [3.63, 3.8) is 0 Å². The summed E-state index contributed by atoms with van der Waals surface area (Å²) in [5.41, 5.74) is 0.866. The Morgan fingerprint density at radius 2 is 2.12 bits per heavy atom. The molecule has 0 unspecified atom stereocenters. The van der Waals surface area contributed by atoms with Crippen LogP contribution in [0.3, 0.4) is 0 Å². The lowest BCUT2D eigenvalue weighted by Crippen LogP contribution is -2.20. The number of hydrogen-bond acceptors (Lipinski definition) is 5. The van der Waals surface area contributed by atoms with Crippen molar-refractivity contribution in [3.05, 3.63) is 61.1 Å². The number of carbonyl (C=O) groups is 1. The number of ether oxygens (including phenoxy) is 1. The summed E-state index contributed by atoms with van der Waals surface area (Å²) in [6, 6.07) is 3.31. The zero-order valence-electron chi connectivity index (χ0n) is 14.3. The molecule has 0 saturated heterocycles. The molecule has 1 N–H and O–H groups in total. The minimum absolute atomic E-state index is 0.129. The average Bonchev–Trinajstić information content (AvgIpc) is 2.55. The molecule has 0 fully saturated rings. The predicted molar refractivity (Wildman–Crippen MR) is 96.2 cm³/mol. The number of nitrogens with zero attached hydrogens (tertiary/aromatic N) is 2. The summed E-state index contributed by atoms with van der Waals surface area (Å²) in [7, 11) is 1.67. The monoisotopic (exact) mass is 363 g/mol. The van der Waals surface area contributed by atoms with Gasteiger partial charge in [0, 0.05) is 50.5 Å². The third-order valence-corrected chi connectivity index (χ3v) is 4.07. The maximum atomic E-state index is 12.1. The third kappa shape index (κ3) is 5.25. The number of H-pyrrole nitrogens is 1. The van der Waals surface area contributed by atoms with Gasteiger partial charge < -0.3 is 13.9 Å². The van der Waals surface area contributed by atoms with Crippen LogP contribution in [0.25, 0.3) is 0 Å². The summed E-state index contributed by atoms with van der Waals surface area (Å²) >= 11 is 5.17. The van der Waals surface area contributed by atoms with Crippen molar-refractivity contribution in [1.29, 1.82) is 0 Å². The van der Waals surface area contributed by atoms with E-state index in [2.05, 4.69) is 4.98 Å². The lowest BCUT2D eigenvalue weighted by atomic mass is 10.1. The van der Waals surface area contributed by atoms with Gasteiger partial charge in [-0.15, -0.1) is 0 Å². The van der Waals surface area contributed by atoms with Crippen molar-refractivity contribution in [3.8, 4) is 0 Å². The van der Waals surface area contributed by atoms with Gasteiger partial charge in [0.05, 0.1) is 6.61 Å². The molecule has 8 heteroatoms. The molecule has 7 nitrogen and oxygen atoms in total. The topological polar surface area (TPSA) is 86.1 Å². The van der Waals surface area contributed by atoms with Crippen molar-refractivity contribution in [2.24, 2.45) is 7.05 Å². The summed E-state index contributed by atoms with van der Waals surface area (Å²) < 4.78 is 8.39. The van der Waals surface area contributed by atoms with E-state index < -0.39 is 0 Å². The summed E-state index contributed by atoms with van der Waals surface area (Å²) in [6.45, 7) is 2.62. The van der Waals surface area contributed by atoms with Crippen LogP contribution in [-0.4, -0.2) is 26.7 Å². The van der Waals surface area contributed by atoms with E-state index in [4.69, 9.17) is 17.0 Å². The smallest absolute Gasteiger partial charge is 0.305 e. The number of aryl methyl sites for hydroxylation is 2. The summed E-state index contributed by atoms with van der Waals surface area (Å²) in [6.07, 6.45) is 4.53. The number of hydrogen-bond donors (Lipinski definition) is 1. The second-order valence-corrected chi connectivity index (χ2v) is 6.06. The molecule has 2 aromatic rings. The van der Waals surface area contributed by atoms with Crippen LogP contribution < -0.4 is 11.1 Å². The minimum atomic E-state index is -0.271. The van der Waals surface area contributed by atoms with Crippen LogP contribution >= 0.6 is 12.2 Å². The van der Waals surface area contributed by atoms with Gasteiger partial charge in [-0.2, -0.15) is 0 Å². The number of rotatable bonds is 7. The van der Waals surface area contributed by atoms with Gasteiger partial charge in [0.25, 0.3) is 11.1 Å². The zero-order chi connectivity index (χ0) is 18.4. The number of aromatic amines is 1. The Balaban J connectivity index is 2.15. The van der Waals surface area contributed by atoms with Crippen LogP contribution in [0.15, 0.2) is 34.1 Å². The predicted octanol–water partition coefficient (Wildman–Crippen LogP) is 1.54. The molecule has 2 rings (SSSR count). The van der Waals surface area contributed by atoms with Gasteiger partial charge in [-0.1, -0.05) is 0 Å². The van der Waals surface area contributed by atoms with Crippen molar-refractivity contribution in [2.45, 2.75) is 32.7 Å². The Morgan fingerprint density at radius 3 is 2.80 bits per heavy atom. The molecule has 0 radical (unpaired) electrons. The van der Waals surface area contributed by atoms with Gasteiger partial charge in [-0.25, -0.2) is 0 Å². The van der Waals surface area contributed by atoms with E-state index in [1.54, 1.807) is 37.0 Å². The molecule has 25 heavy (non-hydrogen) atoms. The fourth-order valence-electron chi connectivity index (χ4n) is 2.39. The summed E-state index contributed by atoms with van der Waals surface area (Å²) in [5.74, 6) is -0.251. The zero-order valence-corrected chi connectivity index (χ0v) is 15.1. The quantitative estimate of drug-likeness (QED) is 0.596. The maximum absolute atomic E-state index is 12.1. The molecule has 0 saturated carbocycles. The molecule has 0 aliphatic carbocycles. The van der Waals surface area contributed by atoms with Gasteiger partial charge in [0.2, 0.25) is 0 Å². The molecule has 0 aliphatic rings. The van der Waals surface area contributed by atoms with E-state index in [0.717, 1.165) is 5.56 Å². The van der Waals surface area contributed by atoms with Crippen LogP contribution in [0.1, 0.15) is 30.9 Å². The summed E-state index contributed by atoms with van der Waals surface area (Å²) in [5, 5.41) is 0. The van der Waals surface area contributed by atoms with E-state index in [9.17, 15) is 14.4 Å². The Labute approximate surface area is 149 Å². The second-order valence-electron chi connectivity index (χ2n) is 5.68. The normalized spacial score (nSPS) is 10.6. The molecule has 0 spiro atoms. The number of carbonyl (C=O) groups excluding carboxylic acids is 1. The van der Waals surface area contributed by atoms with Gasteiger partial charge in [0.1, 0.15) is 0 Å². The minimum Gasteiger partial charge on any atom is -0.466 e. The fraction of sp³-hybridized carbons (Fsp3) is 0.412. The van der Waals surface area contributed by atoms with Crippen LogP contribution in [0.5, 0.6) is 0 Å². The fourth-order valence-corrected chi connectivity index (χ4v) is 2.63. The second kappa shape index (κ2) is 8.57. The molecular weight excluding hydrogens is 342 g/mol. The van der Waals surface area contributed by atoms with Crippen molar-refractivity contribution >= 4 is 18.2 Å². The lowest BCUT2D eigenvalue weighted by Gasteiger charge is -2.09. The van der Waals surface area contributed by atoms with Crippen LogP contribution in [0.2, 0.25) is 0 Å². The molecular formula is C17H21N3O4S. The van der Waals surface area contributed by atoms with Crippen molar-refractivity contribution < 1.29 is 9.53 Å². The van der Waals surface area contributed by atoms with Gasteiger partial charge >= 0.3 is 5.97 Å². The van der Waals surface area contributed by atoms with Gasteiger partial charge in [-0.05, 0) is 37.2 Å². The Morgan fingerprint density at radius 1 is 1.36 bits per heavy atom. The molecule has 2 aromatic heterocycles. The Bertz CT molecular complexity index is 926. The molecule has 0 aromatic carbocycles. The van der Waals surface area contributed by atoms with E-state index >= 15 is 0 Å². The highest BCUT2D eigenvalue weighted by molar-refractivity contribution is 7.71. The van der Waals surface area contributed by atoms with E-state index in [-0.39, 0.29) is 17.1 Å². The summed E-state index contributed by atoms with van der Waals surface area (Å²) in [4.78, 5) is 37.9. The molecule has 2 heterocycles. The van der Waals surface area contributed by atoms with E-state index in [0.29, 0.717) is 42.7 Å². The van der Waals surface area contributed by atoms with Gasteiger partial charge in [-0.3, -0.25) is 19.4 Å². The Kier molecular flexibility index (Phi) is 6.46. The first-order valence-electron chi connectivity index (χ1n) is 8.04. The number of nitrogens with one attached hydrogen (secondary N) is 1. The molecule has 0 atom stereocenters. The standard InChI is InChI=1S/C17H21N3O4S/c1-3-24-15(22)5-4-7-20-11-13(16(23)18-17(20)25)9-12-6-8-19(2)14(21)10-12/h6,8,10-11H,3-5,7,9H2,1-2H3,(H,18,23,25). The highest BCUT2D eigenvalue weighted by Gasteiger charge is 2.07. The average molecular weight is 363 g/mol. The number of pyridine rings is 1. The van der Waals surface area contributed by atoms with E-state index in [1.807, 2.05) is 0 Å². The van der Waals surface area contributed by atoms with Crippen LogP contribution in [-0.2, 0) is 29.5 Å². The Hall–Kier alpha value is -2.48. The lowest BCUT2D eigenvalue weighted by molar-refractivity contribution is -0.143. The SMILES string of the molecule is CCOC(=O)CCCn1cc(Cc2ccn(C)c(=O)c2)c(=O)[nH]c1=S. The third-order valence-electron chi connectivity index (χ3n) is 3.73. The van der Waals surface area contributed by atoms with Crippen molar-refractivity contribution in [1.82, 2.24) is 14.1 Å². The highest BCUT2D eigenvalue weighted by atomic mass is 32.1. The molecule has 134 valence electrons. The molecule has 0 aliphatic heterocycles. The maximum Gasteiger partial charge on any atom is 0.305 e. The molecule has 0 amide bonds. The van der Waals surface area contributed by atoms with Gasteiger partial charge in [0.15, 0.2) is 4.77 Å². The van der Waals surface area contributed by atoms with Crippen LogP contribution in [0.4, 0.5) is 0 Å². The molecule has 0 bridgehead atoms. The number of esters is 1. The van der Waals surface area contributed by atoms with E-state index in [1.165, 1.54) is 10.6 Å². The first-order valence-corrected chi connectivity index (χ1v) is 8.45. The van der Waals surface area contributed by atoms with Crippen molar-refractivity contribution in [2.75, 3.05) is 6.61 Å².